The number of hydrogen-bond acceptors (Lipinski definition) is 4. The second-order valence-electron chi connectivity index (χ2n) is 4.64. The number of nitrogens with one attached hydrogen (secondary N) is 2. The maximum atomic E-state index is 12.0. The van der Waals surface area contributed by atoms with Crippen LogP contribution < -0.4 is 16.2 Å². The highest BCUT2D eigenvalue weighted by Crippen LogP contribution is 2.12. The van der Waals surface area contributed by atoms with Crippen molar-refractivity contribution in [3.8, 4) is 0 Å². The van der Waals surface area contributed by atoms with Gasteiger partial charge in [-0.25, -0.2) is 0 Å². The van der Waals surface area contributed by atoms with E-state index in [-0.39, 0.29) is 29.7 Å². The summed E-state index contributed by atoms with van der Waals surface area (Å²) in [6.07, 6.45) is 1.78. The van der Waals surface area contributed by atoms with Gasteiger partial charge in [-0.15, -0.1) is 0 Å². The van der Waals surface area contributed by atoms with Crippen LogP contribution in [-0.4, -0.2) is 36.6 Å². The molecular weight excluding hydrogens is 262 g/mol. The molecule has 0 spiro atoms. The van der Waals surface area contributed by atoms with Crippen molar-refractivity contribution >= 4 is 17.5 Å². The van der Waals surface area contributed by atoms with Gasteiger partial charge in [-0.05, 0) is 6.07 Å². The van der Waals surface area contributed by atoms with Crippen LogP contribution in [0.1, 0.15) is 6.42 Å². The van der Waals surface area contributed by atoms with E-state index in [1.54, 1.807) is 19.4 Å². The molecule has 108 valence electrons. The minimum atomic E-state index is -0.359. The van der Waals surface area contributed by atoms with Crippen LogP contribution >= 0.6 is 0 Å². The van der Waals surface area contributed by atoms with Crippen LogP contribution in [0.3, 0.4) is 0 Å². The summed E-state index contributed by atoms with van der Waals surface area (Å²) in [5.74, 6) is -0.697. The Labute approximate surface area is 115 Å². The van der Waals surface area contributed by atoms with E-state index in [2.05, 4.69) is 10.6 Å². The number of methoxy groups -OCH3 is 1. The number of rotatable bonds is 5. The SMILES string of the molecule is COCCn1cc(NC(=O)C2CNC(=O)C2)ccc1=O. The fraction of sp³-hybridized carbons (Fsp3) is 0.462. The molecule has 1 fully saturated rings. The quantitative estimate of drug-likeness (QED) is 0.765. The zero-order chi connectivity index (χ0) is 14.5. The molecule has 2 heterocycles. The van der Waals surface area contributed by atoms with Crippen LogP contribution in [0.4, 0.5) is 5.69 Å². The molecule has 1 unspecified atom stereocenters. The van der Waals surface area contributed by atoms with Crippen LogP contribution in [0, 0.1) is 5.92 Å². The molecule has 0 bridgehead atoms. The van der Waals surface area contributed by atoms with Crippen molar-refractivity contribution in [1.29, 1.82) is 0 Å². The number of amides is 2. The predicted molar refractivity (Wildman–Crippen MR) is 72.3 cm³/mol. The summed E-state index contributed by atoms with van der Waals surface area (Å²) in [5, 5.41) is 5.33. The third-order valence-corrected chi connectivity index (χ3v) is 3.14. The number of anilines is 1. The fourth-order valence-corrected chi connectivity index (χ4v) is 2.00. The second kappa shape index (κ2) is 6.33. The van der Waals surface area contributed by atoms with E-state index in [4.69, 9.17) is 4.74 Å². The first kappa shape index (κ1) is 14.3. The van der Waals surface area contributed by atoms with Gasteiger partial charge in [0.25, 0.3) is 5.56 Å². The van der Waals surface area contributed by atoms with E-state index >= 15 is 0 Å². The lowest BCUT2D eigenvalue weighted by molar-refractivity contribution is -0.123. The van der Waals surface area contributed by atoms with Gasteiger partial charge >= 0.3 is 0 Å². The van der Waals surface area contributed by atoms with Crippen molar-refractivity contribution in [3.63, 3.8) is 0 Å². The predicted octanol–water partition coefficient (Wildman–Crippen LogP) is -0.431. The molecule has 0 radical (unpaired) electrons. The monoisotopic (exact) mass is 279 g/mol. The summed E-state index contributed by atoms with van der Waals surface area (Å²) in [6.45, 7) is 1.19. The van der Waals surface area contributed by atoms with Gasteiger partial charge in [-0.3, -0.25) is 14.4 Å². The normalized spacial score (nSPS) is 17.9. The Morgan fingerprint density at radius 3 is 2.95 bits per heavy atom. The molecule has 7 heteroatoms. The van der Waals surface area contributed by atoms with Crippen molar-refractivity contribution < 1.29 is 14.3 Å². The standard InChI is InChI=1S/C13H17N3O4/c1-20-5-4-16-8-10(2-3-12(16)18)15-13(19)9-6-11(17)14-7-9/h2-3,8-9H,4-7H2,1H3,(H,14,17)(H,15,19). The molecule has 1 aliphatic heterocycles. The van der Waals surface area contributed by atoms with E-state index in [1.807, 2.05) is 0 Å². The van der Waals surface area contributed by atoms with Gasteiger partial charge in [0, 0.05) is 38.9 Å². The Morgan fingerprint density at radius 1 is 1.50 bits per heavy atom. The summed E-state index contributed by atoms with van der Waals surface area (Å²) in [4.78, 5) is 34.6. The minimum absolute atomic E-state index is 0.116. The summed E-state index contributed by atoms with van der Waals surface area (Å²) < 4.78 is 6.39. The molecule has 0 saturated carbocycles. The van der Waals surface area contributed by atoms with Gasteiger partial charge in [-0.2, -0.15) is 0 Å². The summed E-state index contributed by atoms with van der Waals surface area (Å²) in [5.41, 5.74) is 0.378. The first-order valence-electron chi connectivity index (χ1n) is 6.37. The van der Waals surface area contributed by atoms with Crippen LogP contribution in [-0.2, 0) is 20.9 Å². The Hall–Kier alpha value is -2.15. The molecule has 0 aliphatic carbocycles. The van der Waals surface area contributed by atoms with Gasteiger partial charge in [0.1, 0.15) is 0 Å². The highest BCUT2D eigenvalue weighted by molar-refractivity contribution is 5.97. The van der Waals surface area contributed by atoms with Crippen molar-refractivity contribution in [2.24, 2.45) is 5.92 Å². The maximum Gasteiger partial charge on any atom is 0.250 e. The van der Waals surface area contributed by atoms with Gasteiger partial charge in [-0.1, -0.05) is 0 Å². The summed E-state index contributed by atoms with van der Waals surface area (Å²) in [6, 6.07) is 2.94. The lowest BCUT2D eigenvalue weighted by Gasteiger charge is -2.11. The van der Waals surface area contributed by atoms with Gasteiger partial charge in [0.15, 0.2) is 0 Å². The van der Waals surface area contributed by atoms with E-state index in [0.29, 0.717) is 25.4 Å². The Morgan fingerprint density at radius 2 is 2.30 bits per heavy atom. The molecule has 1 aromatic rings. The largest absolute Gasteiger partial charge is 0.383 e. The fourth-order valence-electron chi connectivity index (χ4n) is 2.00. The maximum absolute atomic E-state index is 12.0. The van der Waals surface area contributed by atoms with Gasteiger partial charge in [0.2, 0.25) is 11.8 Å². The first-order valence-corrected chi connectivity index (χ1v) is 6.37. The molecule has 7 nitrogen and oxygen atoms in total. The molecule has 2 rings (SSSR count). The minimum Gasteiger partial charge on any atom is -0.383 e. The summed E-state index contributed by atoms with van der Waals surface area (Å²) in [7, 11) is 1.56. The average Bonchev–Trinajstić information content (AvgIpc) is 2.86. The smallest absolute Gasteiger partial charge is 0.250 e. The molecule has 1 saturated heterocycles. The molecule has 2 amide bonds. The van der Waals surface area contributed by atoms with Crippen molar-refractivity contribution in [2.45, 2.75) is 13.0 Å². The van der Waals surface area contributed by atoms with E-state index in [9.17, 15) is 14.4 Å². The zero-order valence-electron chi connectivity index (χ0n) is 11.2. The number of aromatic nitrogens is 1. The van der Waals surface area contributed by atoms with E-state index in [1.165, 1.54) is 10.6 Å². The van der Waals surface area contributed by atoms with E-state index in [0.717, 1.165) is 0 Å². The number of nitrogens with zero attached hydrogens (tertiary/aromatic N) is 1. The van der Waals surface area contributed by atoms with Crippen LogP contribution in [0.5, 0.6) is 0 Å². The van der Waals surface area contributed by atoms with Crippen molar-refractivity contribution in [3.05, 3.63) is 28.7 Å². The third kappa shape index (κ3) is 3.45. The highest BCUT2D eigenvalue weighted by atomic mass is 16.5. The third-order valence-electron chi connectivity index (χ3n) is 3.14. The Kier molecular flexibility index (Phi) is 4.52. The molecule has 1 aliphatic rings. The number of carbonyl (C=O) groups excluding carboxylic acids is 2. The number of pyridine rings is 1. The van der Waals surface area contributed by atoms with Crippen molar-refractivity contribution in [2.75, 3.05) is 25.6 Å². The molecule has 1 atom stereocenters. The van der Waals surface area contributed by atoms with Crippen LogP contribution in [0.15, 0.2) is 23.1 Å². The van der Waals surface area contributed by atoms with Crippen molar-refractivity contribution in [1.82, 2.24) is 9.88 Å². The number of carbonyl (C=O) groups is 2. The Bertz CT molecular complexity index is 567. The lowest BCUT2D eigenvalue weighted by Crippen LogP contribution is -2.26. The molecule has 20 heavy (non-hydrogen) atoms. The second-order valence-corrected chi connectivity index (χ2v) is 4.64. The topological polar surface area (TPSA) is 89.4 Å². The van der Waals surface area contributed by atoms with Gasteiger partial charge in [0.05, 0.1) is 18.2 Å². The van der Waals surface area contributed by atoms with Crippen LogP contribution in [0.2, 0.25) is 0 Å². The molecule has 2 N–H and O–H groups in total. The average molecular weight is 279 g/mol. The molecule has 1 aromatic heterocycles. The first-order chi connectivity index (χ1) is 9.60. The van der Waals surface area contributed by atoms with Crippen LogP contribution in [0.25, 0.3) is 0 Å². The number of ether oxygens (including phenoxy) is 1. The summed E-state index contributed by atoms with van der Waals surface area (Å²) >= 11 is 0. The highest BCUT2D eigenvalue weighted by Gasteiger charge is 2.27. The van der Waals surface area contributed by atoms with Gasteiger partial charge < -0.3 is 19.9 Å². The number of hydrogen-bond donors (Lipinski definition) is 2. The van der Waals surface area contributed by atoms with E-state index < -0.39 is 0 Å². The molecule has 0 aromatic carbocycles. The molecular formula is C13H17N3O4. The Balaban J connectivity index is 2.03. The zero-order valence-corrected chi connectivity index (χ0v) is 11.2. The lowest BCUT2D eigenvalue weighted by atomic mass is 10.1.